The summed E-state index contributed by atoms with van der Waals surface area (Å²) >= 11 is 0. The maximum atomic E-state index is 6.03. The molecule has 1 atom stereocenters. The van der Waals surface area contributed by atoms with Crippen molar-refractivity contribution in [3.05, 3.63) is 23.8 Å². The first-order valence-electron chi connectivity index (χ1n) is 6.46. The summed E-state index contributed by atoms with van der Waals surface area (Å²) in [5.74, 6) is 2.84. The van der Waals surface area contributed by atoms with Gasteiger partial charge in [0.1, 0.15) is 0 Å². The summed E-state index contributed by atoms with van der Waals surface area (Å²) < 4.78 is 0. The molecule has 0 bridgehead atoms. The van der Waals surface area contributed by atoms with Gasteiger partial charge in [-0.1, -0.05) is 0 Å². The first kappa shape index (κ1) is 16.3. The molecule has 3 heteroatoms. The fraction of sp³-hybridized carbons (Fsp3) is 0.643. The van der Waals surface area contributed by atoms with Crippen LogP contribution in [0.15, 0.2) is 23.8 Å². The van der Waals surface area contributed by atoms with E-state index in [0.717, 1.165) is 36.9 Å². The van der Waals surface area contributed by atoms with E-state index in [-0.39, 0.29) is 5.82 Å². The summed E-state index contributed by atoms with van der Waals surface area (Å²) in [5.41, 5.74) is 7.92. The van der Waals surface area contributed by atoms with Gasteiger partial charge < -0.3 is 0 Å². The van der Waals surface area contributed by atoms with Gasteiger partial charge in [0.05, 0.1) is 0 Å². The Morgan fingerprint density at radius 2 is 1.94 bits per heavy atom. The molecule has 0 aromatic rings. The molecule has 2 N–H and O–H groups in total. The summed E-state index contributed by atoms with van der Waals surface area (Å²) in [5, 5.41) is 0. The molecule has 0 aliphatic rings. The Balaban J connectivity index is 3.70. The van der Waals surface area contributed by atoms with Crippen LogP contribution >= 0.6 is 0 Å². The van der Waals surface area contributed by atoms with Crippen LogP contribution in [0.4, 0.5) is 0 Å². The standard InChI is InChI=1S/C14H25B2N/c1-11(2)14(17)9-5-7-13(15)8-6-10-16-12(3)4/h9-11,13H,3,5-8,17H2,1-2,4H3/b14-9+. The molecule has 1 unspecified atom stereocenters. The molecule has 0 heterocycles. The Labute approximate surface area is 109 Å². The van der Waals surface area contributed by atoms with E-state index in [1.54, 1.807) is 0 Å². The third-order valence-electron chi connectivity index (χ3n) is 2.69. The number of allylic oxidation sites excluding steroid dienone is 3. The Hall–Kier alpha value is -0.720. The van der Waals surface area contributed by atoms with E-state index in [9.17, 15) is 0 Å². The fourth-order valence-corrected chi connectivity index (χ4v) is 1.44. The topological polar surface area (TPSA) is 26.0 Å². The van der Waals surface area contributed by atoms with E-state index in [1.807, 2.05) is 13.8 Å². The van der Waals surface area contributed by atoms with Crippen LogP contribution < -0.4 is 5.73 Å². The van der Waals surface area contributed by atoms with Crippen molar-refractivity contribution >= 4 is 20.7 Å². The first-order chi connectivity index (χ1) is 7.93. The van der Waals surface area contributed by atoms with Gasteiger partial charge in [0.2, 0.25) is 0 Å². The van der Waals surface area contributed by atoms with Crippen molar-refractivity contribution in [3.8, 4) is 0 Å². The molecule has 0 aliphatic heterocycles. The second-order valence-electron chi connectivity index (χ2n) is 5.02. The molecular weight excluding hydrogens is 204 g/mol. The van der Waals surface area contributed by atoms with Gasteiger partial charge >= 0.3 is 108 Å². The van der Waals surface area contributed by atoms with Gasteiger partial charge in [-0.3, -0.25) is 0 Å². The Morgan fingerprint density at radius 3 is 2.47 bits per heavy atom. The van der Waals surface area contributed by atoms with E-state index in [0.29, 0.717) is 5.92 Å². The maximum absolute atomic E-state index is 6.03. The van der Waals surface area contributed by atoms with Crippen LogP contribution in [0, 0.1) is 5.92 Å². The van der Waals surface area contributed by atoms with Crippen LogP contribution in [0.2, 0.25) is 5.82 Å². The molecule has 2 radical (unpaired) electrons. The van der Waals surface area contributed by atoms with Gasteiger partial charge in [-0.25, -0.2) is 0 Å². The van der Waals surface area contributed by atoms with Crippen LogP contribution in [-0.4, -0.2) is 20.7 Å². The summed E-state index contributed by atoms with van der Waals surface area (Å²) in [6.45, 7) is 12.1. The quantitative estimate of drug-likeness (QED) is 0.636. The molecule has 0 saturated heterocycles. The zero-order valence-electron chi connectivity index (χ0n) is 11.6. The van der Waals surface area contributed by atoms with Crippen molar-refractivity contribution in [2.75, 3.05) is 0 Å². The van der Waals surface area contributed by atoms with Crippen LogP contribution in [0.5, 0.6) is 0 Å². The van der Waals surface area contributed by atoms with Crippen LogP contribution in [-0.2, 0) is 0 Å². The Morgan fingerprint density at radius 1 is 1.35 bits per heavy atom. The van der Waals surface area contributed by atoms with Gasteiger partial charge in [0.15, 0.2) is 0 Å². The van der Waals surface area contributed by atoms with Crippen molar-refractivity contribution < 1.29 is 0 Å². The van der Waals surface area contributed by atoms with Crippen LogP contribution in [0.1, 0.15) is 46.5 Å². The van der Waals surface area contributed by atoms with Gasteiger partial charge in [-0.2, -0.15) is 0 Å². The molecule has 0 aromatic carbocycles. The predicted octanol–water partition coefficient (Wildman–Crippen LogP) is 3.04. The molecule has 0 spiro atoms. The van der Waals surface area contributed by atoms with Gasteiger partial charge in [0.25, 0.3) is 0 Å². The first-order valence-corrected chi connectivity index (χ1v) is 6.46. The molecule has 1 nitrogen and oxygen atoms in total. The minimum absolute atomic E-state index is 0.265. The number of hydrogen-bond donors (Lipinski definition) is 1. The molecule has 0 rings (SSSR count). The summed E-state index contributed by atoms with van der Waals surface area (Å²) in [6, 6.07) is 0. The second kappa shape index (κ2) is 9.32. The normalized spacial score (nSPS) is 14.0. The molecule has 92 valence electrons. The molecular formula is C14H25B2N. The SMILES string of the molecule is [B]C(CCC=BC(=C)C)CC/C=C(/N)C(C)C. The van der Waals surface area contributed by atoms with Crippen LogP contribution in [0.3, 0.4) is 0 Å². The van der Waals surface area contributed by atoms with Gasteiger partial charge in [-0.15, -0.1) is 0 Å². The van der Waals surface area contributed by atoms with E-state index in [1.165, 1.54) is 0 Å². The summed E-state index contributed by atoms with van der Waals surface area (Å²) in [7, 11) is 6.03. The zero-order valence-corrected chi connectivity index (χ0v) is 11.6. The Bertz CT molecular complexity index is 280. The van der Waals surface area contributed by atoms with Crippen molar-refractivity contribution in [2.24, 2.45) is 11.7 Å². The van der Waals surface area contributed by atoms with Crippen molar-refractivity contribution in [1.82, 2.24) is 0 Å². The molecule has 0 fully saturated rings. The predicted molar refractivity (Wildman–Crippen MR) is 81.7 cm³/mol. The summed E-state index contributed by atoms with van der Waals surface area (Å²) in [4.78, 5) is 0. The Kier molecular flexibility index (Phi) is 8.93. The number of nitrogens with two attached hydrogens (primary N) is 1. The third-order valence-corrected chi connectivity index (χ3v) is 2.69. The number of hydrogen-bond acceptors (Lipinski definition) is 1. The average molecular weight is 229 g/mol. The zero-order chi connectivity index (χ0) is 13.3. The molecule has 17 heavy (non-hydrogen) atoms. The summed E-state index contributed by atoms with van der Waals surface area (Å²) in [6.07, 6.45) is 6.15. The average Bonchev–Trinajstić information content (AvgIpc) is 2.23. The van der Waals surface area contributed by atoms with E-state index in [2.05, 4.69) is 32.5 Å². The van der Waals surface area contributed by atoms with Crippen molar-refractivity contribution in [3.63, 3.8) is 0 Å². The van der Waals surface area contributed by atoms with Gasteiger partial charge in [-0.05, 0) is 0 Å². The van der Waals surface area contributed by atoms with E-state index in [4.69, 9.17) is 13.6 Å². The fourth-order valence-electron chi connectivity index (χ4n) is 1.44. The van der Waals surface area contributed by atoms with Gasteiger partial charge in [0, 0.05) is 0 Å². The minimum atomic E-state index is 0.265. The second-order valence-corrected chi connectivity index (χ2v) is 5.02. The third kappa shape index (κ3) is 10.2. The molecule has 0 aromatic heterocycles. The van der Waals surface area contributed by atoms with E-state index < -0.39 is 0 Å². The van der Waals surface area contributed by atoms with Crippen molar-refractivity contribution in [2.45, 2.75) is 52.3 Å². The van der Waals surface area contributed by atoms with Crippen LogP contribution in [0.25, 0.3) is 0 Å². The van der Waals surface area contributed by atoms with E-state index >= 15 is 0 Å². The molecule has 0 aliphatic carbocycles. The number of rotatable bonds is 8. The molecule has 0 saturated carbocycles. The molecule has 0 amide bonds. The monoisotopic (exact) mass is 229 g/mol. The van der Waals surface area contributed by atoms with Crippen molar-refractivity contribution in [1.29, 1.82) is 0 Å².